The van der Waals surface area contributed by atoms with Crippen molar-refractivity contribution in [3.8, 4) is 0 Å². The van der Waals surface area contributed by atoms with Gasteiger partial charge in [0.2, 0.25) is 0 Å². The number of nitrogens with one attached hydrogen (secondary N) is 1. The van der Waals surface area contributed by atoms with Gasteiger partial charge in [0.05, 0.1) is 0 Å². The molecule has 0 aromatic carbocycles. The van der Waals surface area contributed by atoms with Crippen LogP contribution in [-0.4, -0.2) is 5.71 Å². The lowest BCUT2D eigenvalue weighted by molar-refractivity contribution is 0.854. The van der Waals surface area contributed by atoms with Crippen molar-refractivity contribution < 1.29 is 1.43 Å². The molecular formula is C6H12N2. The molecule has 1 aliphatic rings. The van der Waals surface area contributed by atoms with Gasteiger partial charge in [-0.25, -0.2) is 0 Å². The molecule has 2 heteroatoms. The molecule has 46 valence electrons. The van der Waals surface area contributed by atoms with Gasteiger partial charge in [0.25, 0.3) is 0 Å². The molecule has 0 spiro atoms. The summed E-state index contributed by atoms with van der Waals surface area (Å²) in [5.74, 6) is 0. The zero-order valence-corrected chi connectivity index (χ0v) is 5.23. The van der Waals surface area contributed by atoms with Crippen molar-refractivity contribution in [1.82, 2.24) is 5.43 Å². The van der Waals surface area contributed by atoms with E-state index in [9.17, 15) is 0 Å². The standard InChI is InChI=1S/C6H10N2.H2/c1-5-3-4-6(2)8-7-5;/h3,7H,4H2,1-2H3;1H. The molecule has 0 saturated heterocycles. The molecule has 1 rings (SSSR count). The Kier molecular flexibility index (Phi) is 1.33. The van der Waals surface area contributed by atoms with Crippen LogP contribution in [0.5, 0.6) is 0 Å². The van der Waals surface area contributed by atoms with Crippen LogP contribution in [-0.2, 0) is 0 Å². The minimum atomic E-state index is 0. The van der Waals surface area contributed by atoms with Gasteiger partial charge in [-0.3, -0.25) is 5.43 Å². The third-order valence-corrected chi connectivity index (χ3v) is 1.13. The van der Waals surface area contributed by atoms with Gasteiger partial charge in [-0.2, -0.15) is 5.10 Å². The highest BCUT2D eigenvalue weighted by molar-refractivity contribution is 5.83. The highest BCUT2D eigenvalue weighted by atomic mass is 15.3. The molecule has 0 unspecified atom stereocenters. The van der Waals surface area contributed by atoms with Gasteiger partial charge in [0.1, 0.15) is 0 Å². The predicted molar refractivity (Wildman–Crippen MR) is 36.7 cm³/mol. The van der Waals surface area contributed by atoms with E-state index >= 15 is 0 Å². The van der Waals surface area contributed by atoms with Gasteiger partial charge in [-0.05, 0) is 13.8 Å². The smallest absolute Gasteiger partial charge is 0.0389 e. The Morgan fingerprint density at radius 2 is 2.50 bits per heavy atom. The molecule has 0 bridgehead atoms. The molecule has 1 aliphatic heterocycles. The minimum absolute atomic E-state index is 0. The van der Waals surface area contributed by atoms with Crippen LogP contribution in [0.4, 0.5) is 0 Å². The first-order valence-electron chi connectivity index (χ1n) is 2.75. The molecule has 1 N–H and O–H groups in total. The van der Waals surface area contributed by atoms with Crippen LogP contribution in [0.15, 0.2) is 16.9 Å². The molecule has 8 heavy (non-hydrogen) atoms. The fraction of sp³-hybridized carbons (Fsp3) is 0.500. The Morgan fingerprint density at radius 3 is 2.88 bits per heavy atom. The summed E-state index contributed by atoms with van der Waals surface area (Å²) in [6.07, 6.45) is 3.13. The summed E-state index contributed by atoms with van der Waals surface area (Å²) in [4.78, 5) is 0. The summed E-state index contributed by atoms with van der Waals surface area (Å²) in [6, 6.07) is 0. The van der Waals surface area contributed by atoms with Crippen molar-refractivity contribution in [2.24, 2.45) is 5.10 Å². The van der Waals surface area contributed by atoms with Crippen LogP contribution >= 0.6 is 0 Å². The lowest BCUT2D eigenvalue weighted by Crippen LogP contribution is -2.10. The summed E-state index contributed by atoms with van der Waals surface area (Å²) in [6.45, 7) is 4.02. The van der Waals surface area contributed by atoms with E-state index in [0.717, 1.165) is 17.8 Å². The van der Waals surface area contributed by atoms with Crippen molar-refractivity contribution in [2.75, 3.05) is 0 Å². The monoisotopic (exact) mass is 112 g/mol. The van der Waals surface area contributed by atoms with Gasteiger partial charge in [0, 0.05) is 19.3 Å². The summed E-state index contributed by atoms with van der Waals surface area (Å²) in [5, 5.41) is 4.01. The van der Waals surface area contributed by atoms with Gasteiger partial charge < -0.3 is 0 Å². The minimum Gasteiger partial charge on any atom is -0.283 e. The van der Waals surface area contributed by atoms with Crippen molar-refractivity contribution in [1.29, 1.82) is 0 Å². The largest absolute Gasteiger partial charge is 0.283 e. The molecule has 0 saturated carbocycles. The van der Waals surface area contributed by atoms with E-state index in [4.69, 9.17) is 0 Å². The third kappa shape index (κ3) is 1.09. The van der Waals surface area contributed by atoms with Crippen molar-refractivity contribution in [2.45, 2.75) is 20.3 Å². The van der Waals surface area contributed by atoms with E-state index in [1.807, 2.05) is 13.8 Å². The van der Waals surface area contributed by atoms with Gasteiger partial charge in [-0.15, -0.1) is 0 Å². The fourth-order valence-electron chi connectivity index (χ4n) is 0.576. The first-order chi connectivity index (χ1) is 3.79. The average Bonchev–Trinajstić information content (AvgIpc) is 1.77. The second-order valence-electron chi connectivity index (χ2n) is 2.05. The molecule has 1 heterocycles. The van der Waals surface area contributed by atoms with Crippen LogP contribution in [0, 0.1) is 0 Å². The lowest BCUT2D eigenvalue weighted by atomic mass is 10.2. The maximum absolute atomic E-state index is 4.01. The third-order valence-electron chi connectivity index (χ3n) is 1.13. The molecule has 0 radical (unpaired) electrons. The molecule has 0 aromatic rings. The second-order valence-corrected chi connectivity index (χ2v) is 2.05. The maximum Gasteiger partial charge on any atom is 0.0389 e. The number of nitrogens with zero attached hydrogens (tertiary/aromatic N) is 1. The molecule has 0 fully saturated rings. The van der Waals surface area contributed by atoms with E-state index in [2.05, 4.69) is 16.6 Å². The summed E-state index contributed by atoms with van der Waals surface area (Å²) in [7, 11) is 0. The van der Waals surface area contributed by atoms with Crippen LogP contribution in [0.2, 0.25) is 0 Å². The summed E-state index contributed by atoms with van der Waals surface area (Å²) >= 11 is 0. The lowest BCUT2D eigenvalue weighted by Gasteiger charge is -2.06. The molecule has 2 nitrogen and oxygen atoms in total. The highest BCUT2D eigenvalue weighted by Crippen LogP contribution is 1.98. The van der Waals surface area contributed by atoms with Crippen molar-refractivity contribution >= 4 is 5.71 Å². The van der Waals surface area contributed by atoms with Gasteiger partial charge >= 0.3 is 0 Å². The first-order valence-corrected chi connectivity index (χ1v) is 2.75. The van der Waals surface area contributed by atoms with E-state index in [0.29, 0.717) is 0 Å². The van der Waals surface area contributed by atoms with Crippen molar-refractivity contribution in [3.05, 3.63) is 11.8 Å². The molecule has 0 aliphatic carbocycles. The predicted octanol–water partition coefficient (Wildman–Crippen LogP) is 1.51. The Labute approximate surface area is 50.8 Å². The van der Waals surface area contributed by atoms with E-state index < -0.39 is 0 Å². The highest BCUT2D eigenvalue weighted by Gasteiger charge is 1.94. The number of rotatable bonds is 0. The second kappa shape index (κ2) is 1.99. The van der Waals surface area contributed by atoms with E-state index in [-0.39, 0.29) is 1.43 Å². The zero-order chi connectivity index (χ0) is 5.98. The Hall–Kier alpha value is -0.790. The van der Waals surface area contributed by atoms with Crippen molar-refractivity contribution in [3.63, 3.8) is 0 Å². The Balaban J connectivity index is 0.000000640. The maximum atomic E-state index is 4.01. The SMILES string of the molecule is CC1=CCC(C)=NN1.[HH]. The average molecular weight is 112 g/mol. The molecule has 0 aromatic heterocycles. The quantitative estimate of drug-likeness (QED) is 0.504. The number of allylic oxidation sites excluding steroid dienone is 2. The molecule has 0 amide bonds. The number of hydrogen-bond donors (Lipinski definition) is 1. The van der Waals surface area contributed by atoms with Crippen LogP contribution < -0.4 is 5.43 Å². The van der Waals surface area contributed by atoms with Crippen LogP contribution in [0.3, 0.4) is 0 Å². The van der Waals surface area contributed by atoms with Crippen LogP contribution in [0.25, 0.3) is 0 Å². The number of hydrazone groups is 1. The normalized spacial score (nSPS) is 18.8. The topological polar surface area (TPSA) is 24.4 Å². The first kappa shape index (κ1) is 5.35. The Bertz CT molecular complexity index is 131. The molecule has 0 atom stereocenters. The van der Waals surface area contributed by atoms with E-state index in [1.54, 1.807) is 0 Å². The number of hydrogen-bond acceptors (Lipinski definition) is 2. The molecular weight excluding hydrogens is 100 g/mol. The summed E-state index contributed by atoms with van der Waals surface area (Å²) in [5.41, 5.74) is 5.18. The zero-order valence-electron chi connectivity index (χ0n) is 5.23. The van der Waals surface area contributed by atoms with Gasteiger partial charge in [0.15, 0.2) is 0 Å². The van der Waals surface area contributed by atoms with Crippen LogP contribution in [0.1, 0.15) is 21.7 Å². The summed E-state index contributed by atoms with van der Waals surface area (Å²) < 4.78 is 0. The Morgan fingerprint density at radius 1 is 1.75 bits per heavy atom. The fourth-order valence-corrected chi connectivity index (χ4v) is 0.576. The van der Waals surface area contributed by atoms with Gasteiger partial charge in [-0.1, -0.05) is 6.08 Å². The van der Waals surface area contributed by atoms with E-state index in [1.165, 1.54) is 0 Å².